The lowest BCUT2D eigenvalue weighted by molar-refractivity contribution is -0.229. The molecule has 1 radical (unpaired) electrons. The minimum atomic E-state index is 0.278. The van der Waals surface area contributed by atoms with E-state index in [0.29, 0.717) is 26.4 Å². The molecule has 0 bridgehead atoms. The van der Waals surface area contributed by atoms with Gasteiger partial charge < -0.3 is 19.5 Å². The van der Waals surface area contributed by atoms with Gasteiger partial charge in [-0.15, -0.1) is 0 Å². The maximum Gasteiger partial charge on any atom is 0.167 e. The van der Waals surface area contributed by atoms with E-state index in [0.717, 1.165) is 31.9 Å². The van der Waals surface area contributed by atoms with E-state index in [4.69, 9.17) is 19.0 Å². The van der Waals surface area contributed by atoms with Crippen LogP contribution in [0.3, 0.4) is 0 Å². The summed E-state index contributed by atoms with van der Waals surface area (Å²) in [6.45, 7) is 6.12. The molecule has 1 N–H and O–H groups in total. The lowest BCUT2D eigenvalue weighted by atomic mass is 10.3. The highest BCUT2D eigenvalue weighted by Crippen LogP contribution is 2.07. The average molecular weight is 295 g/mol. The Labute approximate surface area is 125 Å². The van der Waals surface area contributed by atoms with E-state index in [2.05, 4.69) is 11.4 Å². The van der Waals surface area contributed by atoms with Crippen LogP contribution in [0.4, 0.5) is 0 Å². The number of hydrogen-bond acceptors (Lipinski definition) is 6. The lowest BCUT2D eigenvalue weighted by Gasteiger charge is -2.25. The molecule has 1 aliphatic heterocycles. The van der Waals surface area contributed by atoms with Gasteiger partial charge in [0.05, 0.1) is 19.8 Å². The predicted octanol–water partition coefficient (Wildman–Crippen LogP) is 0.693. The quantitative estimate of drug-likeness (QED) is 0.506. The average Bonchev–Trinajstić information content (AvgIpc) is 2.55. The Bertz CT molecular complexity index is 358. The number of rotatable bonds is 10. The minimum Gasteiger partial charge on any atom is -0.491 e. The van der Waals surface area contributed by atoms with Crippen LogP contribution in [0.2, 0.25) is 0 Å². The Morgan fingerprint density at radius 1 is 1.00 bits per heavy atom. The SMILES string of the molecule is [c]1ccc(OCCOCCOCON2CCNCC2)cc1. The number of nitrogens with one attached hydrogen (secondary N) is 1. The summed E-state index contributed by atoms with van der Waals surface area (Å²) in [5.74, 6) is 0.832. The van der Waals surface area contributed by atoms with Crippen molar-refractivity contribution in [2.45, 2.75) is 0 Å². The Kier molecular flexibility index (Phi) is 8.12. The van der Waals surface area contributed by atoms with E-state index < -0.39 is 0 Å². The molecule has 1 aromatic rings. The standard InChI is InChI=1S/C15H23N2O4/c1-2-4-15(5-3-1)20-13-12-18-10-11-19-14-21-17-8-6-16-7-9-17/h2-5,16H,6-14H2. The number of piperazine rings is 1. The number of hydroxylamine groups is 2. The smallest absolute Gasteiger partial charge is 0.167 e. The van der Waals surface area contributed by atoms with Gasteiger partial charge in [0, 0.05) is 26.2 Å². The molecule has 0 unspecified atom stereocenters. The summed E-state index contributed by atoms with van der Waals surface area (Å²) >= 11 is 0. The molecule has 1 aliphatic rings. The minimum absolute atomic E-state index is 0.278. The van der Waals surface area contributed by atoms with Gasteiger partial charge in [-0.25, -0.2) is 0 Å². The van der Waals surface area contributed by atoms with Crippen LogP contribution in [0.25, 0.3) is 0 Å². The molecule has 1 heterocycles. The van der Waals surface area contributed by atoms with Crippen LogP contribution in [-0.2, 0) is 14.3 Å². The second-order valence-electron chi connectivity index (χ2n) is 4.53. The first-order chi connectivity index (χ1) is 10.4. The number of nitrogens with zero attached hydrogens (tertiary/aromatic N) is 1. The first-order valence-electron chi connectivity index (χ1n) is 7.28. The Balaban J connectivity index is 1.35. The summed E-state index contributed by atoms with van der Waals surface area (Å²) in [5, 5.41) is 5.18. The van der Waals surface area contributed by atoms with Crippen LogP contribution >= 0.6 is 0 Å². The molecule has 0 aliphatic carbocycles. The van der Waals surface area contributed by atoms with Crippen molar-refractivity contribution < 1.29 is 19.0 Å². The van der Waals surface area contributed by atoms with Crippen LogP contribution in [0.5, 0.6) is 5.75 Å². The molecular formula is C15H23N2O4. The third-order valence-corrected chi connectivity index (χ3v) is 2.95. The molecule has 1 aromatic carbocycles. The van der Waals surface area contributed by atoms with Gasteiger partial charge in [-0.2, -0.15) is 5.06 Å². The molecule has 0 atom stereocenters. The summed E-state index contributed by atoms with van der Waals surface area (Å²) in [7, 11) is 0. The van der Waals surface area contributed by atoms with Crippen molar-refractivity contribution in [1.82, 2.24) is 10.4 Å². The monoisotopic (exact) mass is 295 g/mol. The van der Waals surface area contributed by atoms with Crippen LogP contribution in [0.1, 0.15) is 0 Å². The molecule has 6 nitrogen and oxygen atoms in total. The third kappa shape index (κ3) is 7.40. The van der Waals surface area contributed by atoms with Gasteiger partial charge in [0.2, 0.25) is 0 Å². The van der Waals surface area contributed by atoms with Crippen LogP contribution < -0.4 is 10.1 Å². The zero-order chi connectivity index (χ0) is 14.6. The van der Waals surface area contributed by atoms with E-state index in [1.807, 2.05) is 29.3 Å². The molecule has 0 saturated carbocycles. The predicted molar refractivity (Wildman–Crippen MR) is 77.9 cm³/mol. The molecule has 117 valence electrons. The van der Waals surface area contributed by atoms with Gasteiger partial charge in [-0.3, -0.25) is 4.84 Å². The van der Waals surface area contributed by atoms with Gasteiger partial charge in [-0.1, -0.05) is 12.1 Å². The highest BCUT2D eigenvalue weighted by Gasteiger charge is 2.08. The first-order valence-corrected chi connectivity index (χ1v) is 7.28. The summed E-state index contributed by atoms with van der Waals surface area (Å²) in [5.41, 5.74) is 0. The topological polar surface area (TPSA) is 52.2 Å². The van der Waals surface area contributed by atoms with Crippen molar-refractivity contribution in [3.05, 3.63) is 30.3 Å². The first kappa shape index (κ1) is 16.2. The number of hydrogen-bond donors (Lipinski definition) is 1. The summed E-state index contributed by atoms with van der Waals surface area (Å²) in [4.78, 5) is 5.46. The van der Waals surface area contributed by atoms with E-state index in [-0.39, 0.29) is 6.79 Å². The van der Waals surface area contributed by atoms with Gasteiger partial charge in [-0.05, 0) is 18.2 Å². The van der Waals surface area contributed by atoms with E-state index in [9.17, 15) is 0 Å². The Morgan fingerprint density at radius 2 is 1.71 bits per heavy atom. The van der Waals surface area contributed by atoms with E-state index in [1.54, 1.807) is 0 Å². The molecule has 2 rings (SSSR count). The second kappa shape index (κ2) is 10.5. The van der Waals surface area contributed by atoms with Gasteiger partial charge in [0.25, 0.3) is 0 Å². The molecule has 0 aromatic heterocycles. The molecule has 6 heteroatoms. The summed E-state index contributed by atoms with van der Waals surface area (Å²) < 4.78 is 16.2. The fraction of sp³-hybridized carbons (Fsp3) is 0.600. The zero-order valence-electron chi connectivity index (χ0n) is 12.3. The molecular weight excluding hydrogens is 272 g/mol. The van der Waals surface area contributed by atoms with Crippen molar-refractivity contribution in [2.75, 3.05) is 59.4 Å². The fourth-order valence-corrected chi connectivity index (χ4v) is 1.85. The van der Waals surface area contributed by atoms with Gasteiger partial charge >= 0.3 is 0 Å². The number of ether oxygens (including phenoxy) is 3. The third-order valence-electron chi connectivity index (χ3n) is 2.95. The number of benzene rings is 1. The van der Waals surface area contributed by atoms with Crippen molar-refractivity contribution in [1.29, 1.82) is 0 Å². The van der Waals surface area contributed by atoms with E-state index >= 15 is 0 Å². The largest absolute Gasteiger partial charge is 0.491 e. The maximum absolute atomic E-state index is 5.49. The van der Waals surface area contributed by atoms with Crippen molar-refractivity contribution >= 4 is 0 Å². The maximum atomic E-state index is 5.49. The van der Waals surface area contributed by atoms with Gasteiger partial charge in [0.1, 0.15) is 12.4 Å². The van der Waals surface area contributed by atoms with Crippen LogP contribution in [-0.4, -0.2) is 64.5 Å². The van der Waals surface area contributed by atoms with Crippen molar-refractivity contribution in [2.24, 2.45) is 0 Å². The molecule has 21 heavy (non-hydrogen) atoms. The van der Waals surface area contributed by atoms with Crippen molar-refractivity contribution in [3.63, 3.8) is 0 Å². The highest BCUT2D eigenvalue weighted by molar-refractivity contribution is 5.20. The van der Waals surface area contributed by atoms with E-state index in [1.165, 1.54) is 0 Å². The molecule has 0 spiro atoms. The van der Waals surface area contributed by atoms with Crippen LogP contribution in [0, 0.1) is 6.07 Å². The lowest BCUT2D eigenvalue weighted by Crippen LogP contribution is -2.43. The summed E-state index contributed by atoms with van der Waals surface area (Å²) in [6.07, 6.45) is 0. The van der Waals surface area contributed by atoms with Crippen molar-refractivity contribution in [3.8, 4) is 5.75 Å². The zero-order valence-corrected chi connectivity index (χ0v) is 12.3. The van der Waals surface area contributed by atoms with Gasteiger partial charge in [0.15, 0.2) is 6.79 Å². The Hall–Kier alpha value is -1.18. The van der Waals surface area contributed by atoms with Crippen LogP contribution in [0.15, 0.2) is 24.3 Å². The molecule has 0 amide bonds. The molecule has 1 fully saturated rings. The Morgan fingerprint density at radius 3 is 2.52 bits per heavy atom. The second-order valence-corrected chi connectivity index (χ2v) is 4.53. The highest BCUT2D eigenvalue weighted by atomic mass is 16.8. The summed E-state index contributed by atoms with van der Waals surface area (Å²) in [6, 6.07) is 10.3. The molecule has 1 saturated heterocycles. The fourth-order valence-electron chi connectivity index (χ4n) is 1.85. The normalized spacial score (nSPS) is 16.0.